The van der Waals surface area contributed by atoms with Gasteiger partial charge in [0.2, 0.25) is 5.89 Å². The summed E-state index contributed by atoms with van der Waals surface area (Å²) in [6, 6.07) is 71.0. The largest absolute Gasteiger partial charge is 0.455 e. The van der Waals surface area contributed by atoms with E-state index in [0.29, 0.717) is 45.6 Å². The van der Waals surface area contributed by atoms with Crippen LogP contribution in [0.15, 0.2) is 215 Å². The van der Waals surface area contributed by atoms with E-state index in [-0.39, 0.29) is 0 Å². The van der Waals surface area contributed by atoms with Crippen LogP contribution in [0.4, 0.5) is 0 Å². The number of hydrogen-bond acceptors (Lipinski definition) is 6. The molecule has 8 heteroatoms. The maximum atomic E-state index is 7.00. The number of oxazole rings is 1. The molecule has 0 bridgehead atoms. The molecule has 0 fully saturated rings. The Morgan fingerprint density at radius 2 is 0.909 bits per heavy atom. The monoisotopic (exact) mass is 846 g/mol. The summed E-state index contributed by atoms with van der Waals surface area (Å²) in [5, 5.41) is 6.65. The third-order valence-corrected chi connectivity index (χ3v) is 12.8. The first-order chi connectivity index (χ1) is 32.7. The summed E-state index contributed by atoms with van der Waals surface area (Å²) < 4.78 is 18.4. The average molecular weight is 847 g/mol. The van der Waals surface area contributed by atoms with Crippen LogP contribution in [0.2, 0.25) is 0 Å². The molecular formula is C58H34N6O2. The van der Waals surface area contributed by atoms with Crippen LogP contribution in [0.3, 0.4) is 0 Å². The zero-order valence-corrected chi connectivity index (χ0v) is 35.1. The predicted octanol–water partition coefficient (Wildman–Crippen LogP) is 14.8. The minimum Gasteiger partial charge on any atom is -0.455 e. The highest BCUT2D eigenvalue weighted by molar-refractivity contribution is 6.25. The Balaban J connectivity index is 1.07. The van der Waals surface area contributed by atoms with Gasteiger partial charge in [-0.15, -0.1) is 0 Å². The maximum absolute atomic E-state index is 7.00. The molecule has 0 unspecified atom stereocenters. The number of furan rings is 1. The molecule has 0 amide bonds. The van der Waals surface area contributed by atoms with E-state index < -0.39 is 0 Å². The average Bonchev–Trinajstić information content (AvgIpc) is 4.17. The van der Waals surface area contributed by atoms with E-state index in [4.69, 9.17) is 28.8 Å². The van der Waals surface area contributed by atoms with Gasteiger partial charge in [0, 0.05) is 43.7 Å². The van der Waals surface area contributed by atoms with Gasteiger partial charge in [0.1, 0.15) is 16.7 Å². The molecule has 0 aliphatic heterocycles. The van der Waals surface area contributed by atoms with E-state index in [1.807, 2.05) is 91.0 Å². The smallest absolute Gasteiger partial charge is 0.227 e. The van der Waals surface area contributed by atoms with Gasteiger partial charge in [-0.2, -0.15) is 0 Å². The van der Waals surface area contributed by atoms with Crippen molar-refractivity contribution in [3.63, 3.8) is 0 Å². The van der Waals surface area contributed by atoms with Crippen LogP contribution in [0.5, 0.6) is 0 Å². The molecule has 14 rings (SSSR count). The van der Waals surface area contributed by atoms with Gasteiger partial charge in [-0.25, -0.2) is 19.9 Å². The van der Waals surface area contributed by atoms with E-state index in [0.717, 1.165) is 77.3 Å². The highest BCUT2D eigenvalue weighted by atomic mass is 16.3. The van der Waals surface area contributed by atoms with Gasteiger partial charge in [-0.3, -0.25) is 0 Å². The minimum atomic E-state index is 0.465. The van der Waals surface area contributed by atoms with Gasteiger partial charge in [-0.1, -0.05) is 140 Å². The molecule has 0 saturated heterocycles. The molecule has 0 saturated carbocycles. The Labute approximate surface area is 376 Å². The molecule has 5 aromatic heterocycles. The summed E-state index contributed by atoms with van der Waals surface area (Å²) in [5.74, 6) is 2.00. The standard InChI is InChI=1S/C58H34N6O2/c1-4-17-35(18-5-1)55-60-56(43-26-16-27-45-53(43)66-58(59-45)36-19-6-2-7-20-36)62-57(61-55)44-33-34-48(50-42-25-12-15-30-49(42)65-54(44)50)64-47-29-14-11-24-39(47)41-32-31-40-38-23-10-13-28-46(38)63(51(40)52(41)64)37-21-8-3-9-22-37/h1-34H. The zero-order chi connectivity index (χ0) is 43.3. The van der Waals surface area contributed by atoms with E-state index in [1.54, 1.807) is 0 Å². The van der Waals surface area contributed by atoms with Crippen molar-refractivity contribution in [1.82, 2.24) is 29.1 Å². The van der Waals surface area contributed by atoms with Crippen molar-refractivity contribution in [2.24, 2.45) is 0 Å². The quantitative estimate of drug-likeness (QED) is 0.166. The lowest BCUT2D eigenvalue weighted by Gasteiger charge is -2.14. The van der Waals surface area contributed by atoms with Crippen LogP contribution in [0.25, 0.3) is 134 Å². The van der Waals surface area contributed by atoms with Crippen LogP contribution >= 0.6 is 0 Å². The third kappa shape index (κ3) is 5.39. The normalized spacial score (nSPS) is 11.9. The first-order valence-corrected chi connectivity index (χ1v) is 22.0. The Bertz CT molecular complexity index is 4220. The fraction of sp³-hybridized carbons (Fsp3) is 0. The Morgan fingerprint density at radius 3 is 1.62 bits per heavy atom. The van der Waals surface area contributed by atoms with Gasteiger partial charge in [-0.05, 0) is 66.7 Å². The number of nitrogens with zero attached hydrogens (tertiary/aromatic N) is 6. The second-order valence-corrected chi connectivity index (χ2v) is 16.5. The van der Waals surface area contributed by atoms with Crippen molar-refractivity contribution in [3.8, 4) is 57.0 Å². The summed E-state index contributed by atoms with van der Waals surface area (Å²) in [6.45, 7) is 0. The van der Waals surface area contributed by atoms with Crippen LogP contribution in [0.1, 0.15) is 0 Å². The second kappa shape index (κ2) is 14.2. The van der Waals surface area contributed by atoms with Crippen LogP contribution in [0, 0.1) is 0 Å². The number of hydrogen-bond donors (Lipinski definition) is 0. The highest BCUT2D eigenvalue weighted by Crippen LogP contribution is 2.46. The topological polar surface area (TPSA) is 87.7 Å². The molecule has 0 atom stereocenters. The van der Waals surface area contributed by atoms with Crippen LogP contribution in [-0.4, -0.2) is 29.1 Å². The molecule has 5 heterocycles. The Morgan fingerprint density at radius 1 is 0.348 bits per heavy atom. The number of rotatable bonds is 6. The summed E-state index contributed by atoms with van der Waals surface area (Å²) in [5.41, 5.74) is 12.5. The molecule has 308 valence electrons. The van der Waals surface area contributed by atoms with E-state index in [1.165, 1.54) is 10.8 Å². The molecule has 8 nitrogen and oxygen atoms in total. The fourth-order valence-corrected chi connectivity index (χ4v) is 9.93. The van der Waals surface area contributed by atoms with Crippen LogP contribution in [-0.2, 0) is 0 Å². The van der Waals surface area contributed by atoms with E-state index in [9.17, 15) is 0 Å². The van der Waals surface area contributed by atoms with Gasteiger partial charge in [0.15, 0.2) is 23.1 Å². The lowest BCUT2D eigenvalue weighted by atomic mass is 10.0. The molecule has 14 aromatic rings. The molecule has 66 heavy (non-hydrogen) atoms. The van der Waals surface area contributed by atoms with Gasteiger partial charge < -0.3 is 18.0 Å². The van der Waals surface area contributed by atoms with Crippen molar-refractivity contribution in [3.05, 3.63) is 206 Å². The Hall–Kier alpha value is -9.14. The second-order valence-electron chi connectivity index (χ2n) is 16.5. The first-order valence-electron chi connectivity index (χ1n) is 22.0. The predicted molar refractivity (Wildman–Crippen MR) is 265 cm³/mol. The summed E-state index contributed by atoms with van der Waals surface area (Å²) in [7, 11) is 0. The van der Waals surface area contributed by atoms with Crippen LogP contribution < -0.4 is 0 Å². The summed E-state index contributed by atoms with van der Waals surface area (Å²) >= 11 is 0. The number of para-hydroxylation sites is 5. The van der Waals surface area contributed by atoms with Crippen molar-refractivity contribution in [2.75, 3.05) is 0 Å². The highest BCUT2D eigenvalue weighted by Gasteiger charge is 2.26. The molecule has 0 N–H and O–H groups in total. The summed E-state index contributed by atoms with van der Waals surface area (Å²) in [4.78, 5) is 20.5. The number of fused-ring (bicyclic) bond motifs is 11. The molecule has 0 radical (unpaired) electrons. The summed E-state index contributed by atoms with van der Waals surface area (Å²) in [6.07, 6.45) is 0. The van der Waals surface area contributed by atoms with Crippen molar-refractivity contribution < 1.29 is 8.83 Å². The van der Waals surface area contributed by atoms with Crippen molar-refractivity contribution >= 4 is 76.6 Å². The zero-order valence-electron chi connectivity index (χ0n) is 35.1. The lowest BCUT2D eigenvalue weighted by Crippen LogP contribution is -2.02. The maximum Gasteiger partial charge on any atom is 0.227 e. The number of aromatic nitrogens is 6. The molecule has 9 aromatic carbocycles. The van der Waals surface area contributed by atoms with Gasteiger partial charge in [0.25, 0.3) is 0 Å². The molecule has 0 spiro atoms. The van der Waals surface area contributed by atoms with Gasteiger partial charge >= 0.3 is 0 Å². The lowest BCUT2D eigenvalue weighted by molar-refractivity contribution is 0.620. The number of benzene rings is 9. The molecule has 0 aliphatic rings. The fourth-order valence-electron chi connectivity index (χ4n) is 9.93. The molecular weight excluding hydrogens is 813 g/mol. The molecule has 0 aliphatic carbocycles. The first kappa shape index (κ1) is 36.4. The Kier molecular flexibility index (Phi) is 7.81. The SMILES string of the molecule is c1ccc(-c2nc(-c3cccc4nc(-c5ccccc5)oc34)nc(-c3ccc(-n4c5ccccc5c5ccc6c7ccccc7n(-c7ccccc7)c6c54)c4c3oc3ccccc34)n2)cc1. The minimum absolute atomic E-state index is 0.465. The van der Waals surface area contributed by atoms with Crippen molar-refractivity contribution in [2.45, 2.75) is 0 Å². The van der Waals surface area contributed by atoms with Crippen molar-refractivity contribution in [1.29, 1.82) is 0 Å². The van der Waals surface area contributed by atoms with Gasteiger partial charge in [0.05, 0.1) is 44.3 Å². The third-order valence-electron chi connectivity index (χ3n) is 12.8. The van der Waals surface area contributed by atoms with E-state index >= 15 is 0 Å². The van der Waals surface area contributed by atoms with E-state index in [2.05, 4.69) is 124 Å².